The molecule has 9 heteroatoms. The Morgan fingerprint density at radius 1 is 1.16 bits per heavy atom. The van der Waals surface area contributed by atoms with E-state index >= 15 is 0 Å². The fourth-order valence-electron chi connectivity index (χ4n) is 4.16. The summed E-state index contributed by atoms with van der Waals surface area (Å²) in [5.41, 5.74) is 1.91. The summed E-state index contributed by atoms with van der Waals surface area (Å²) in [4.78, 5) is 20.2. The molecule has 2 N–H and O–H groups in total. The number of pyridine rings is 1. The number of anilines is 1. The average molecular weight is 421 g/mol. The van der Waals surface area contributed by atoms with Crippen molar-refractivity contribution in [1.29, 1.82) is 0 Å². The number of hydrogen-bond donors (Lipinski definition) is 2. The third-order valence-corrected chi connectivity index (χ3v) is 5.68. The third-order valence-electron chi connectivity index (χ3n) is 5.68. The van der Waals surface area contributed by atoms with Crippen molar-refractivity contribution >= 4 is 33.7 Å². The number of benzene rings is 2. The molecular weight excluding hydrogens is 401 g/mol. The second kappa shape index (κ2) is 7.59. The summed E-state index contributed by atoms with van der Waals surface area (Å²) in [5.74, 6) is -0.783. The predicted molar refractivity (Wildman–Crippen MR) is 113 cm³/mol. The van der Waals surface area contributed by atoms with Crippen LogP contribution in [0.3, 0.4) is 0 Å². The van der Waals surface area contributed by atoms with Gasteiger partial charge in [-0.15, -0.1) is 10.2 Å². The molecule has 2 aromatic heterocycles. The fraction of sp³-hybridized carbons (Fsp3) is 0.273. The molecular formula is C22H20FN5O3. The maximum Gasteiger partial charge on any atom is 0.336 e. The molecule has 8 nitrogen and oxygen atoms in total. The third kappa shape index (κ3) is 3.46. The number of carbonyl (C=O) groups is 1. The Hall–Kier alpha value is -3.59. The number of aromatic carboxylic acids is 1. The second-order valence-corrected chi connectivity index (χ2v) is 7.77. The molecule has 1 fully saturated rings. The van der Waals surface area contributed by atoms with Gasteiger partial charge in [0.2, 0.25) is 0 Å². The Bertz CT molecular complexity index is 1310. The number of aliphatic hydroxyl groups is 1. The smallest absolute Gasteiger partial charge is 0.336 e. The number of piperidine rings is 1. The standard InChI is InChI=1S/C22H20FN5O3/c23-14-4-1-5-15(9-14)28-25-18-7-6-17-20(21(18)26-28)16(22(30)31)10-19(24-17)27-8-2-3-13(11-27)12-29/h1,4-7,9-10,13,29H,2-3,8,11-12H2,(H,30,31). The van der Waals surface area contributed by atoms with Crippen LogP contribution < -0.4 is 4.90 Å². The maximum atomic E-state index is 13.6. The first-order chi connectivity index (χ1) is 15.0. The van der Waals surface area contributed by atoms with E-state index in [0.29, 0.717) is 40.0 Å². The van der Waals surface area contributed by atoms with Crippen LogP contribution in [-0.4, -0.2) is 55.9 Å². The van der Waals surface area contributed by atoms with Crippen LogP contribution >= 0.6 is 0 Å². The summed E-state index contributed by atoms with van der Waals surface area (Å²) < 4.78 is 13.6. The van der Waals surface area contributed by atoms with Gasteiger partial charge in [-0.2, -0.15) is 4.80 Å². The van der Waals surface area contributed by atoms with Crippen LogP contribution in [0.5, 0.6) is 0 Å². The van der Waals surface area contributed by atoms with Gasteiger partial charge < -0.3 is 15.1 Å². The number of carboxylic acid groups (broad SMARTS) is 1. The molecule has 0 saturated carbocycles. The number of fused-ring (bicyclic) bond motifs is 3. The molecule has 31 heavy (non-hydrogen) atoms. The van der Waals surface area contributed by atoms with Crippen LogP contribution in [0.15, 0.2) is 42.5 Å². The van der Waals surface area contributed by atoms with Crippen molar-refractivity contribution < 1.29 is 19.4 Å². The molecule has 0 aliphatic carbocycles. The number of halogens is 1. The van der Waals surface area contributed by atoms with Gasteiger partial charge in [0.25, 0.3) is 0 Å². The molecule has 1 atom stereocenters. The number of carboxylic acids is 1. The lowest BCUT2D eigenvalue weighted by Gasteiger charge is -2.33. The van der Waals surface area contributed by atoms with Gasteiger partial charge in [-0.3, -0.25) is 0 Å². The highest BCUT2D eigenvalue weighted by atomic mass is 19.1. The second-order valence-electron chi connectivity index (χ2n) is 7.77. The SMILES string of the molecule is O=C(O)c1cc(N2CCCC(CO)C2)nc2ccc3nn(-c4cccc(F)c4)nc3c12. The van der Waals surface area contributed by atoms with Crippen LogP contribution in [0, 0.1) is 11.7 Å². The van der Waals surface area contributed by atoms with E-state index in [2.05, 4.69) is 10.2 Å². The summed E-state index contributed by atoms with van der Waals surface area (Å²) in [7, 11) is 0. The van der Waals surface area contributed by atoms with Gasteiger partial charge in [-0.1, -0.05) is 6.07 Å². The summed E-state index contributed by atoms with van der Waals surface area (Å²) in [6, 6.07) is 10.9. The van der Waals surface area contributed by atoms with Gasteiger partial charge >= 0.3 is 5.97 Å². The van der Waals surface area contributed by atoms with Crippen LogP contribution in [0.4, 0.5) is 10.2 Å². The molecule has 2 aromatic carbocycles. The van der Waals surface area contributed by atoms with Gasteiger partial charge in [0.1, 0.15) is 22.7 Å². The Morgan fingerprint density at radius 2 is 2.00 bits per heavy atom. The Kier molecular flexibility index (Phi) is 4.74. The highest BCUT2D eigenvalue weighted by molar-refractivity contribution is 6.13. The van der Waals surface area contributed by atoms with Gasteiger partial charge in [-0.25, -0.2) is 14.2 Å². The van der Waals surface area contributed by atoms with E-state index in [9.17, 15) is 19.4 Å². The Balaban J connectivity index is 1.67. The summed E-state index contributed by atoms with van der Waals surface area (Å²) in [6.07, 6.45) is 1.85. The lowest BCUT2D eigenvalue weighted by Crippen LogP contribution is -2.37. The first kappa shape index (κ1) is 19.4. The summed E-state index contributed by atoms with van der Waals surface area (Å²) in [6.45, 7) is 1.48. The predicted octanol–water partition coefficient (Wildman–Crippen LogP) is 3.01. The lowest BCUT2D eigenvalue weighted by molar-refractivity contribution is 0.0699. The molecule has 1 saturated heterocycles. The Morgan fingerprint density at radius 3 is 2.77 bits per heavy atom. The lowest BCUT2D eigenvalue weighted by atomic mass is 9.98. The van der Waals surface area contributed by atoms with Crippen molar-refractivity contribution in [2.75, 3.05) is 24.6 Å². The first-order valence-corrected chi connectivity index (χ1v) is 10.1. The van der Waals surface area contributed by atoms with E-state index in [-0.39, 0.29) is 18.1 Å². The molecule has 1 aliphatic rings. The molecule has 5 rings (SSSR count). The monoisotopic (exact) mass is 421 g/mol. The van der Waals surface area contributed by atoms with Gasteiger partial charge in [0.05, 0.1) is 16.8 Å². The average Bonchev–Trinajstić information content (AvgIpc) is 3.23. The maximum absolute atomic E-state index is 13.6. The molecule has 3 heterocycles. The Labute approximate surface area is 176 Å². The molecule has 0 bridgehead atoms. The quantitative estimate of drug-likeness (QED) is 0.522. The van der Waals surface area contributed by atoms with Crippen molar-refractivity contribution in [1.82, 2.24) is 20.0 Å². The first-order valence-electron chi connectivity index (χ1n) is 10.1. The van der Waals surface area contributed by atoms with Crippen LogP contribution in [0.2, 0.25) is 0 Å². The van der Waals surface area contributed by atoms with E-state index < -0.39 is 11.8 Å². The van der Waals surface area contributed by atoms with Crippen molar-refractivity contribution in [3.63, 3.8) is 0 Å². The highest BCUT2D eigenvalue weighted by Gasteiger charge is 2.24. The number of aromatic nitrogens is 4. The molecule has 0 radical (unpaired) electrons. The van der Waals surface area contributed by atoms with Crippen LogP contribution in [-0.2, 0) is 0 Å². The number of rotatable bonds is 4. The van der Waals surface area contributed by atoms with E-state index in [0.717, 1.165) is 19.4 Å². The van der Waals surface area contributed by atoms with E-state index in [4.69, 9.17) is 4.98 Å². The van der Waals surface area contributed by atoms with Crippen LogP contribution in [0.25, 0.3) is 27.6 Å². The minimum Gasteiger partial charge on any atom is -0.478 e. The normalized spacial score (nSPS) is 16.8. The highest BCUT2D eigenvalue weighted by Crippen LogP contribution is 2.31. The van der Waals surface area contributed by atoms with Crippen LogP contribution in [0.1, 0.15) is 23.2 Å². The number of nitrogens with zero attached hydrogens (tertiary/aromatic N) is 5. The van der Waals surface area contributed by atoms with Crippen molar-refractivity contribution in [3.05, 3.63) is 53.8 Å². The molecule has 1 unspecified atom stereocenters. The fourth-order valence-corrected chi connectivity index (χ4v) is 4.16. The van der Waals surface area contributed by atoms with Crippen molar-refractivity contribution in [2.45, 2.75) is 12.8 Å². The van der Waals surface area contributed by atoms with Crippen molar-refractivity contribution in [3.8, 4) is 5.69 Å². The molecule has 158 valence electrons. The van der Waals surface area contributed by atoms with E-state index in [1.54, 1.807) is 30.3 Å². The topological polar surface area (TPSA) is 104 Å². The molecule has 4 aromatic rings. The largest absolute Gasteiger partial charge is 0.478 e. The van der Waals surface area contributed by atoms with Gasteiger partial charge in [0.15, 0.2) is 0 Å². The summed E-state index contributed by atoms with van der Waals surface area (Å²) >= 11 is 0. The zero-order valence-electron chi connectivity index (χ0n) is 16.6. The minimum absolute atomic E-state index is 0.0861. The minimum atomic E-state index is -1.09. The van der Waals surface area contributed by atoms with E-state index in [1.165, 1.54) is 16.9 Å². The zero-order valence-corrected chi connectivity index (χ0v) is 16.6. The zero-order chi connectivity index (χ0) is 21.5. The van der Waals surface area contributed by atoms with E-state index in [1.807, 2.05) is 4.90 Å². The molecule has 0 spiro atoms. The van der Waals surface area contributed by atoms with Crippen molar-refractivity contribution in [2.24, 2.45) is 5.92 Å². The number of aliphatic hydroxyl groups excluding tert-OH is 1. The van der Waals surface area contributed by atoms with Gasteiger partial charge in [0, 0.05) is 31.1 Å². The molecule has 0 amide bonds. The summed E-state index contributed by atoms with van der Waals surface area (Å²) in [5, 5.41) is 28.7. The molecule has 1 aliphatic heterocycles. The van der Waals surface area contributed by atoms with Gasteiger partial charge in [-0.05, 0) is 49.1 Å². The number of hydrogen-bond acceptors (Lipinski definition) is 6.